The maximum Gasteiger partial charge on any atom is 0.243 e. The molecule has 5 nitrogen and oxygen atoms in total. The quantitative estimate of drug-likeness (QED) is 0.545. The third-order valence-electron chi connectivity index (χ3n) is 4.62. The Hall–Kier alpha value is -2.74. The molecule has 0 aliphatic rings. The van der Waals surface area contributed by atoms with Crippen LogP contribution in [0.3, 0.4) is 0 Å². The normalized spacial score (nSPS) is 11.5. The molecule has 0 spiro atoms. The molecule has 0 atom stereocenters. The highest BCUT2D eigenvalue weighted by atomic mass is 35.5. The molecule has 1 amide bonds. The smallest absolute Gasteiger partial charge is 0.243 e. The lowest BCUT2D eigenvalue weighted by Crippen LogP contribution is -2.40. The molecule has 1 N–H and O–H groups in total. The Balaban J connectivity index is 1.80. The topological polar surface area (TPSA) is 66.5 Å². The number of hydrogen-bond acceptors (Lipinski definition) is 3. The highest BCUT2D eigenvalue weighted by Gasteiger charge is 2.27. The molecule has 0 saturated carbocycles. The molecule has 31 heavy (non-hydrogen) atoms. The number of carbonyl (C=O) groups excluding carboxylic acids is 1. The van der Waals surface area contributed by atoms with E-state index in [2.05, 4.69) is 5.32 Å². The summed E-state index contributed by atoms with van der Waals surface area (Å²) in [6, 6.07) is 19.0. The first-order valence-corrected chi connectivity index (χ1v) is 11.4. The van der Waals surface area contributed by atoms with E-state index in [1.807, 2.05) is 31.2 Å². The second kappa shape index (κ2) is 10.0. The average molecular weight is 461 g/mol. The number of nitrogens with one attached hydrogen (secondary N) is 1. The standard InChI is InChI=1S/C23H22ClFN2O3S/c1-17-3-2-4-19(13-17)15-27(31(29,30)22-11-7-20(24)8-12-22)16-23(28)26-14-18-5-9-21(25)10-6-18/h2-13H,14-16H2,1H3,(H,26,28). The lowest BCUT2D eigenvalue weighted by atomic mass is 10.1. The number of rotatable bonds is 8. The Kier molecular flexibility index (Phi) is 7.43. The Morgan fingerprint density at radius 3 is 2.32 bits per heavy atom. The predicted molar refractivity (Wildman–Crippen MR) is 118 cm³/mol. The van der Waals surface area contributed by atoms with Crippen molar-refractivity contribution in [3.63, 3.8) is 0 Å². The van der Waals surface area contributed by atoms with Crippen LogP contribution in [-0.2, 0) is 27.9 Å². The first kappa shape index (κ1) is 22.9. The van der Waals surface area contributed by atoms with Gasteiger partial charge in [-0.2, -0.15) is 4.31 Å². The molecular weight excluding hydrogens is 439 g/mol. The fourth-order valence-corrected chi connectivity index (χ4v) is 4.53. The minimum atomic E-state index is -3.95. The zero-order valence-electron chi connectivity index (χ0n) is 16.9. The van der Waals surface area contributed by atoms with Gasteiger partial charge in [0.15, 0.2) is 0 Å². The second-order valence-corrected chi connectivity index (χ2v) is 9.49. The summed E-state index contributed by atoms with van der Waals surface area (Å²) < 4.78 is 40.7. The van der Waals surface area contributed by atoms with Crippen molar-refractivity contribution in [1.29, 1.82) is 0 Å². The zero-order chi connectivity index (χ0) is 22.4. The Morgan fingerprint density at radius 2 is 1.68 bits per heavy atom. The van der Waals surface area contributed by atoms with Crippen molar-refractivity contribution < 1.29 is 17.6 Å². The molecule has 0 aliphatic carbocycles. The van der Waals surface area contributed by atoms with Crippen LogP contribution < -0.4 is 5.32 Å². The molecule has 0 saturated heterocycles. The van der Waals surface area contributed by atoms with E-state index in [9.17, 15) is 17.6 Å². The molecule has 0 aromatic heterocycles. The number of aryl methyl sites for hydroxylation is 1. The lowest BCUT2D eigenvalue weighted by Gasteiger charge is -2.22. The minimum absolute atomic E-state index is 0.0383. The summed E-state index contributed by atoms with van der Waals surface area (Å²) >= 11 is 5.89. The maximum atomic E-state index is 13.2. The number of benzene rings is 3. The number of amides is 1. The fraction of sp³-hybridized carbons (Fsp3) is 0.174. The van der Waals surface area contributed by atoms with Gasteiger partial charge in [0.05, 0.1) is 11.4 Å². The van der Waals surface area contributed by atoms with Gasteiger partial charge in [0.2, 0.25) is 15.9 Å². The Morgan fingerprint density at radius 1 is 1.00 bits per heavy atom. The zero-order valence-corrected chi connectivity index (χ0v) is 18.5. The van der Waals surface area contributed by atoms with Crippen LogP contribution in [0.15, 0.2) is 77.7 Å². The number of nitrogens with zero attached hydrogens (tertiary/aromatic N) is 1. The number of carbonyl (C=O) groups is 1. The lowest BCUT2D eigenvalue weighted by molar-refractivity contribution is -0.121. The summed E-state index contributed by atoms with van der Waals surface area (Å²) in [5, 5.41) is 3.11. The van der Waals surface area contributed by atoms with E-state index in [1.165, 1.54) is 36.4 Å². The second-order valence-electron chi connectivity index (χ2n) is 7.12. The highest BCUT2D eigenvalue weighted by molar-refractivity contribution is 7.89. The van der Waals surface area contributed by atoms with E-state index in [0.717, 1.165) is 15.4 Å². The van der Waals surface area contributed by atoms with Crippen LogP contribution in [0.4, 0.5) is 4.39 Å². The van der Waals surface area contributed by atoms with Crippen molar-refractivity contribution in [2.45, 2.75) is 24.9 Å². The first-order valence-electron chi connectivity index (χ1n) is 9.56. The van der Waals surface area contributed by atoms with Crippen LogP contribution in [0, 0.1) is 12.7 Å². The van der Waals surface area contributed by atoms with E-state index in [0.29, 0.717) is 10.6 Å². The molecule has 0 radical (unpaired) electrons. The molecule has 0 heterocycles. The summed E-state index contributed by atoms with van der Waals surface area (Å²) in [6.45, 7) is 1.76. The van der Waals surface area contributed by atoms with Crippen molar-refractivity contribution in [1.82, 2.24) is 9.62 Å². The molecule has 0 unspecified atom stereocenters. The fourth-order valence-electron chi connectivity index (χ4n) is 3.01. The largest absolute Gasteiger partial charge is 0.351 e. The average Bonchev–Trinajstić information content (AvgIpc) is 2.73. The van der Waals surface area contributed by atoms with E-state index in [4.69, 9.17) is 11.6 Å². The summed E-state index contributed by atoms with van der Waals surface area (Å²) in [6.07, 6.45) is 0. The van der Waals surface area contributed by atoms with Gasteiger partial charge in [0, 0.05) is 18.1 Å². The van der Waals surface area contributed by atoms with Crippen molar-refractivity contribution in [3.05, 3.63) is 100 Å². The van der Waals surface area contributed by atoms with Gasteiger partial charge < -0.3 is 5.32 Å². The summed E-state index contributed by atoms with van der Waals surface area (Å²) in [5.74, 6) is -0.831. The van der Waals surface area contributed by atoms with Crippen molar-refractivity contribution in [2.75, 3.05) is 6.54 Å². The number of halogens is 2. The molecule has 3 aromatic rings. The molecule has 0 fully saturated rings. The molecule has 162 valence electrons. The van der Waals surface area contributed by atoms with Crippen LogP contribution in [0.5, 0.6) is 0 Å². The van der Waals surface area contributed by atoms with Crippen LogP contribution in [0.25, 0.3) is 0 Å². The highest BCUT2D eigenvalue weighted by Crippen LogP contribution is 2.21. The molecule has 3 rings (SSSR count). The third kappa shape index (κ3) is 6.37. The van der Waals surface area contributed by atoms with E-state index in [1.54, 1.807) is 12.1 Å². The molecular formula is C23H22ClFN2O3S. The van der Waals surface area contributed by atoms with Gasteiger partial charge >= 0.3 is 0 Å². The van der Waals surface area contributed by atoms with Gasteiger partial charge in [-0.1, -0.05) is 53.6 Å². The van der Waals surface area contributed by atoms with Gasteiger partial charge in [-0.05, 0) is 54.4 Å². The number of sulfonamides is 1. The van der Waals surface area contributed by atoms with Crippen LogP contribution in [0.1, 0.15) is 16.7 Å². The van der Waals surface area contributed by atoms with E-state index in [-0.39, 0.29) is 30.3 Å². The minimum Gasteiger partial charge on any atom is -0.351 e. The van der Waals surface area contributed by atoms with E-state index >= 15 is 0 Å². The monoisotopic (exact) mass is 460 g/mol. The van der Waals surface area contributed by atoms with Crippen molar-refractivity contribution in [2.24, 2.45) is 0 Å². The van der Waals surface area contributed by atoms with Crippen LogP contribution in [0.2, 0.25) is 5.02 Å². The molecule has 0 bridgehead atoms. The van der Waals surface area contributed by atoms with E-state index < -0.39 is 15.9 Å². The third-order valence-corrected chi connectivity index (χ3v) is 6.67. The first-order chi connectivity index (χ1) is 14.7. The van der Waals surface area contributed by atoms with Gasteiger partial charge in [0.25, 0.3) is 0 Å². The van der Waals surface area contributed by atoms with Crippen LogP contribution in [-0.4, -0.2) is 25.2 Å². The van der Waals surface area contributed by atoms with Crippen molar-refractivity contribution in [3.8, 4) is 0 Å². The SMILES string of the molecule is Cc1cccc(CN(CC(=O)NCc2ccc(F)cc2)S(=O)(=O)c2ccc(Cl)cc2)c1. The maximum absolute atomic E-state index is 13.2. The van der Waals surface area contributed by atoms with Crippen LogP contribution >= 0.6 is 11.6 Å². The summed E-state index contributed by atoms with van der Waals surface area (Å²) in [7, 11) is -3.95. The summed E-state index contributed by atoms with van der Waals surface area (Å²) in [5.41, 5.74) is 2.46. The van der Waals surface area contributed by atoms with Gasteiger partial charge in [0.1, 0.15) is 5.82 Å². The molecule has 3 aromatic carbocycles. The van der Waals surface area contributed by atoms with Gasteiger partial charge in [-0.25, -0.2) is 12.8 Å². The van der Waals surface area contributed by atoms with Crippen molar-refractivity contribution >= 4 is 27.5 Å². The Bertz CT molecular complexity index is 1150. The molecule has 8 heteroatoms. The molecule has 0 aliphatic heterocycles. The summed E-state index contributed by atoms with van der Waals surface area (Å²) in [4.78, 5) is 12.6. The Labute approximate surface area is 186 Å². The number of hydrogen-bond donors (Lipinski definition) is 1. The van der Waals surface area contributed by atoms with Gasteiger partial charge in [-0.15, -0.1) is 0 Å². The predicted octanol–water partition coefficient (Wildman–Crippen LogP) is 4.29. The van der Waals surface area contributed by atoms with Gasteiger partial charge in [-0.3, -0.25) is 4.79 Å².